The highest BCUT2D eigenvalue weighted by Crippen LogP contribution is 2.29. The predicted molar refractivity (Wildman–Crippen MR) is 74.7 cm³/mol. The zero-order valence-electron chi connectivity index (χ0n) is 10.8. The van der Waals surface area contributed by atoms with E-state index in [1.807, 2.05) is 30.0 Å². The highest BCUT2D eigenvalue weighted by atomic mass is 16.3. The van der Waals surface area contributed by atoms with Gasteiger partial charge in [-0.15, -0.1) is 0 Å². The Hall–Kier alpha value is -2.29. The summed E-state index contributed by atoms with van der Waals surface area (Å²) in [5.41, 5.74) is 3.66. The first-order valence-corrected chi connectivity index (χ1v) is 6.36. The van der Waals surface area contributed by atoms with Gasteiger partial charge in [0, 0.05) is 17.8 Å². The molecule has 2 aromatic carbocycles. The average Bonchev–Trinajstić information content (AvgIpc) is 2.82. The lowest BCUT2D eigenvalue weighted by Crippen LogP contribution is -2.29. The molecule has 0 atom stereocenters. The van der Waals surface area contributed by atoms with Gasteiger partial charge >= 0.3 is 0 Å². The summed E-state index contributed by atoms with van der Waals surface area (Å²) in [6.07, 6.45) is 0.902. The fourth-order valence-electron chi connectivity index (χ4n) is 2.58. The third kappa shape index (κ3) is 1.97. The number of phenolic OH excluding ortho intramolecular Hbond substituents is 1. The van der Waals surface area contributed by atoms with Crippen molar-refractivity contribution < 1.29 is 9.90 Å². The van der Waals surface area contributed by atoms with Gasteiger partial charge in [0.2, 0.25) is 0 Å². The van der Waals surface area contributed by atoms with Crippen LogP contribution >= 0.6 is 0 Å². The molecule has 0 fully saturated rings. The van der Waals surface area contributed by atoms with Crippen molar-refractivity contribution in [2.75, 3.05) is 11.4 Å². The molecular weight excluding hydrogens is 238 g/mol. The fraction of sp³-hybridized carbons (Fsp3) is 0.188. The molecule has 2 aromatic rings. The largest absolute Gasteiger partial charge is 0.508 e. The number of nitrogens with zero attached hydrogens (tertiary/aromatic N) is 1. The summed E-state index contributed by atoms with van der Waals surface area (Å²) in [5.74, 6) is 0.193. The van der Waals surface area contributed by atoms with Gasteiger partial charge in [-0.05, 0) is 48.7 Å². The van der Waals surface area contributed by atoms with Crippen LogP contribution in [0.3, 0.4) is 0 Å². The minimum absolute atomic E-state index is 0.00227. The van der Waals surface area contributed by atoms with Gasteiger partial charge in [0.05, 0.1) is 0 Å². The first-order chi connectivity index (χ1) is 9.16. The van der Waals surface area contributed by atoms with Crippen molar-refractivity contribution in [3.63, 3.8) is 0 Å². The van der Waals surface area contributed by atoms with Gasteiger partial charge in [-0.1, -0.05) is 18.2 Å². The quantitative estimate of drug-likeness (QED) is 0.849. The highest BCUT2D eigenvalue weighted by Gasteiger charge is 2.25. The summed E-state index contributed by atoms with van der Waals surface area (Å²) in [6, 6.07) is 12.9. The van der Waals surface area contributed by atoms with Crippen LogP contribution < -0.4 is 4.90 Å². The molecule has 1 aliphatic heterocycles. The Morgan fingerprint density at radius 1 is 1.21 bits per heavy atom. The normalized spacial score (nSPS) is 13.4. The maximum atomic E-state index is 12.6. The molecule has 0 spiro atoms. The van der Waals surface area contributed by atoms with E-state index in [0.717, 1.165) is 24.2 Å². The Balaban J connectivity index is 1.98. The molecule has 96 valence electrons. The van der Waals surface area contributed by atoms with E-state index in [1.165, 1.54) is 5.56 Å². The Morgan fingerprint density at radius 2 is 2.00 bits per heavy atom. The lowest BCUT2D eigenvalue weighted by atomic mass is 10.1. The molecule has 0 aliphatic carbocycles. The van der Waals surface area contributed by atoms with E-state index in [-0.39, 0.29) is 11.7 Å². The van der Waals surface area contributed by atoms with E-state index < -0.39 is 0 Å². The lowest BCUT2D eigenvalue weighted by molar-refractivity contribution is 0.0989. The molecule has 0 bridgehead atoms. The third-order valence-corrected chi connectivity index (χ3v) is 3.57. The molecular formula is C16H15NO2. The van der Waals surface area contributed by atoms with E-state index in [2.05, 4.69) is 6.07 Å². The van der Waals surface area contributed by atoms with Crippen molar-refractivity contribution in [3.8, 4) is 5.75 Å². The third-order valence-electron chi connectivity index (χ3n) is 3.57. The van der Waals surface area contributed by atoms with E-state index in [4.69, 9.17) is 0 Å². The van der Waals surface area contributed by atoms with Gasteiger partial charge < -0.3 is 10.0 Å². The number of hydrogen-bond donors (Lipinski definition) is 1. The number of aryl methyl sites for hydroxylation is 1. The summed E-state index contributed by atoms with van der Waals surface area (Å²) in [6.45, 7) is 2.56. The van der Waals surface area contributed by atoms with Crippen LogP contribution in [0.2, 0.25) is 0 Å². The van der Waals surface area contributed by atoms with Crippen LogP contribution in [0, 0.1) is 6.92 Å². The number of aromatic hydroxyl groups is 1. The second-order valence-electron chi connectivity index (χ2n) is 4.83. The Labute approximate surface area is 112 Å². The monoisotopic (exact) mass is 253 g/mol. The van der Waals surface area contributed by atoms with Crippen LogP contribution in [0.1, 0.15) is 21.5 Å². The van der Waals surface area contributed by atoms with Gasteiger partial charge in [0.15, 0.2) is 0 Å². The minimum atomic E-state index is 0.00227. The molecule has 3 heteroatoms. The average molecular weight is 253 g/mol. The highest BCUT2D eigenvalue weighted by molar-refractivity contribution is 6.08. The molecule has 1 amide bonds. The number of carbonyl (C=O) groups excluding carboxylic acids is 1. The number of anilines is 1. The van der Waals surface area contributed by atoms with E-state index in [1.54, 1.807) is 18.2 Å². The molecule has 1 N–H and O–H groups in total. The minimum Gasteiger partial charge on any atom is -0.508 e. The molecule has 19 heavy (non-hydrogen) atoms. The number of rotatable bonds is 1. The Kier molecular flexibility index (Phi) is 2.75. The number of amides is 1. The molecule has 0 unspecified atom stereocenters. The van der Waals surface area contributed by atoms with Gasteiger partial charge in [-0.3, -0.25) is 4.79 Å². The second kappa shape index (κ2) is 4.43. The number of phenols is 1. The SMILES string of the molecule is Cc1cc(O)ccc1C(=O)N1CCc2ccccc21. The molecule has 0 saturated heterocycles. The fourth-order valence-corrected chi connectivity index (χ4v) is 2.58. The predicted octanol–water partition coefficient (Wildman–Crippen LogP) is 2.90. The number of hydrogen-bond acceptors (Lipinski definition) is 2. The molecule has 3 rings (SSSR count). The van der Waals surface area contributed by atoms with Crippen LogP contribution in [0.4, 0.5) is 5.69 Å². The van der Waals surface area contributed by atoms with Gasteiger partial charge in [-0.25, -0.2) is 0 Å². The summed E-state index contributed by atoms with van der Waals surface area (Å²) in [7, 11) is 0. The first kappa shape index (κ1) is 11.8. The first-order valence-electron chi connectivity index (χ1n) is 6.36. The molecule has 3 nitrogen and oxygen atoms in total. The Bertz CT molecular complexity index is 649. The lowest BCUT2D eigenvalue weighted by Gasteiger charge is -2.18. The van der Waals surface area contributed by atoms with Crippen molar-refractivity contribution in [1.82, 2.24) is 0 Å². The van der Waals surface area contributed by atoms with Gasteiger partial charge in [-0.2, -0.15) is 0 Å². The summed E-state index contributed by atoms with van der Waals surface area (Å²) in [4.78, 5) is 14.4. The topological polar surface area (TPSA) is 40.5 Å². The van der Waals surface area contributed by atoms with Crippen LogP contribution in [0.5, 0.6) is 5.75 Å². The van der Waals surface area contributed by atoms with Gasteiger partial charge in [0.1, 0.15) is 5.75 Å². The summed E-state index contributed by atoms with van der Waals surface area (Å²) < 4.78 is 0. The van der Waals surface area contributed by atoms with Crippen molar-refractivity contribution in [2.45, 2.75) is 13.3 Å². The van der Waals surface area contributed by atoms with Crippen LogP contribution in [-0.4, -0.2) is 17.6 Å². The standard InChI is InChI=1S/C16H15NO2/c1-11-10-13(18)6-7-14(11)16(19)17-9-8-12-4-2-3-5-15(12)17/h2-7,10,18H,8-9H2,1H3. The smallest absolute Gasteiger partial charge is 0.258 e. The van der Waals surface area contributed by atoms with E-state index in [9.17, 15) is 9.90 Å². The molecule has 0 aromatic heterocycles. The molecule has 0 saturated carbocycles. The van der Waals surface area contributed by atoms with Crippen LogP contribution in [0.25, 0.3) is 0 Å². The van der Waals surface area contributed by atoms with E-state index in [0.29, 0.717) is 5.56 Å². The van der Waals surface area contributed by atoms with Crippen molar-refractivity contribution in [1.29, 1.82) is 0 Å². The Morgan fingerprint density at radius 3 is 2.79 bits per heavy atom. The van der Waals surface area contributed by atoms with Crippen molar-refractivity contribution >= 4 is 11.6 Å². The number of para-hydroxylation sites is 1. The maximum absolute atomic E-state index is 12.6. The summed E-state index contributed by atoms with van der Waals surface area (Å²) >= 11 is 0. The number of benzene rings is 2. The molecule has 0 radical (unpaired) electrons. The van der Waals surface area contributed by atoms with Gasteiger partial charge in [0.25, 0.3) is 5.91 Å². The van der Waals surface area contributed by atoms with Crippen molar-refractivity contribution in [2.24, 2.45) is 0 Å². The van der Waals surface area contributed by atoms with Crippen LogP contribution in [-0.2, 0) is 6.42 Å². The zero-order chi connectivity index (χ0) is 13.4. The van der Waals surface area contributed by atoms with E-state index >= 15 is 0 Å². The number of carbonyl (C=O) groups is 1. The van der Waals surface area contributed by atoms with Crippen molar-refractivity contribution in [3.05, 3.63) is 59.2 Å². The maximum Gasteiger partial charge on any atom is 0.258 e. The molecule has 1 aliphatic rings. The summed E-state index contributed by atoms with van der Waals surface area (Å²) in [5, 5.41) is 9.42. The molecule has 1 heterocycles. The second-order valence-corrected chi connectivity index (χ2v) is 4.83. The number of fused-ring (bicyclic) bond motifs is 1. The zero-order valence-corrected chi connectivity index (χ0v) is 10.8. The van der Waals surface area contributed by atoms with Crippen LogP contribution in [0.15, 0.2) is 42.5 Å².